The van der Waals surface area contributed by atoms with E-state index in [-0.39, 0.29) is 12.3 Å². The van der Waals surface area contributed by atoms with Gasteiger partial charge in [-0.3, -0.25) is 4.79 Å². The first-order valence-electron chi connectivity index (χ1n) is 6.52. The molecule has 0 saturated carbocycles. The Hall–Kier alpha value is -1.85. The van der Waals surface area contributed by atoms with Crippen molar-refractivity contribution in [2.24, 2.45) is 5.92 Å². The molecule has 0 spiro atoms. The fraction of sp³-hybridized carbons (Fsp3) is 0.400. The minimum absolute atomic E-state index is 0.0273. The van der Waals surface area contributed by atoms with Crippen molar-refractivity contribution in [3.05, 3.63) is 47.7 Å². The molecule has 1 atom stereocenters. The summed E-state index contributed by atoms with van der Waals surface area (Å²) >= 11 is 0. The van der Waals surface area contributed by atoms with Crippen molar-refractivity contribution >= 4 is 5.91 Å². The number of hydrogen-bond donors (Lipinski definition) is 3. The molecule has 0 aliphatic heterocycles. The van der Waals surface area contributed by atoms with Gasteiger partial charge in [0.1, 0.15) is 0 Å². The van der Waals surface area contributed by atoms with Crippen molar-refractivity contribution in [1.29, 1.82) is 0 Å². The van der Waals surface area contributed by atoms with Crippen LogP contribution in [-0.2, 0) is 16.1 Å². The van der Waals surface area contributed by atoms with E-state index in [1.807, 2.05) is 30.3 Å². The van der Waals surface area contributed by atoms with Crippen molar-refractivity contribution < 1.29 is 19.7 Å². The second-order valence-corrected chi connectivity index (χ2v) is 5.00. The summed E-state index contributed by atoms with van der Waals surface area (Å²) in [6, 6.07) is 9.56. The van der Waals surface area contributed by atoms with Crippen LogP contribution in [0.3, 0.4) is 0 Å². The number of carbonyl (C=O) groups excluding carboxylic acids is 1. The Morgan fingerprint density at radius 1 is 1.40 bits per heavy atom. The average Bonchev–Trinajstić information content (AvgIpc) is 2.44. The maximum Gasteiger partial charge on any atom is 0.224 e. The zero-order valence-electron chi connectivity index (χ0n) is 11.4. The monoisotopic (exact) mass is 277 g/mol. The van der Waals surface area contributed by atoms with Crippen LogP contribution >= 0.6 is 0 Å². The van der Waals surface area contributed by atoms with Gasteiger partial charge in [-0.1, -0.05) is 30.3 Å². The summed E-state index contributed by atoms with van der Waals surface area (Å²) in [5.41, 5.74) is 0.999. The molecule has 1 aromatic carbocycles. The topological polar surface area (TPSA) is 78.8 Å². The van der Waals surface area contributed by atoms with Crippen molar-refractivity contribution in [3.8, 4) is 0 Å². The molecule has 1 unspecified atom stereocenters. The summed E-state index contributed by atoms with van der Waals surface area (Å²) < 4.78 is 5.03. The number of benzene rings is 1. The van der Waals surface area contributed by atoms with Gasteiger partial charge in [-0.2, -0.15) is 0 Å². The van der Waals surface area contributed by atoms with Crippen molar-refractivity contribution in [2.45, 2.75) is 25.2 Å². The summed E-state index contributed by atoms with van der Waals surface area (Å²) in [6.07, 6.45) is 1.59. The van der Waals surface area contributed by atoms with E-state index in [2.05, 4.69) is 5.32 Å². The zero-order chi connectivity index (χ0) is 14.6. The minimum atomic E-state index is -1.99. The van der Waals surface area contributed by atoms with Gasteiger partial charge in [-0.25, -0.2) is 0 Å². The lowest BCUT2D eigenvalue weighted by atomic mass is 9.88. The van der Waals surface area contributed by atoms with E-state index in [1.165, 1.54) is 13.2 Å². The molecule has 0 fully saturated rings. The standard InChI is InChI=1S/C15H19NO4/c1-20-13-7-12(8-15(18,19)9-13)14(17)16-10-11-5-3-2-4-6-11/h2-6,9,12,18-19H,7-8,10H2,1H3,(H,16,17). The summed E-state index contributed by atoms with van der Waals surface area (Å²) in [7, 11) is 1.45. The summed E-state index contributed by atoms with van der Waals surface area (Å²) in [4.78, 5) is 12.1. The summed E-state index contributed by atoms with van der Waals surface area (Å²) in [5, 5.41) is 22.2. The van der Waals surface area contributed by atoms with Crippen LogP contribution in [0, 0.1) is 5.92 Å². The quantitative estimate of drug-likeness (QED) is 0.715. The molecule has 5 nitrogen and oxygen atoms in total. The van der Waals surface area contributed by atoms with Crippen LogP contribution in [0.1, 0.15) is 18.4 Å². The molecule has 5 heteroatoms. The number of methoxy groups -OCH3 is 1. The van der Waals surface area contributed by atoms with Gasteiger partial charge in [0.25, 0.3) is 0 Å². The Labute approximate surface area is 117 Å². The third-order valence-electron chi connectivity index (χ3n) is 3.33. The number of carbonyl (C=O) groups is 1. The molecule has 1 aliphatic rings. The highest BCUT2D eigenvalue weighted by atomic mass is 16.5. The van der Waals surface area contributed by atoms with Crippen LogP contribution in [0.15, 0.2) is 42.2 Å². The van der Waals surface area contributed by atoms with E-state index < -0.39 is 11.7 Å². The lowest BCUT2D eigenvalue weighted by molar-refractivity contribution is -0.152. The van der Waals surface area contributed by atoms with E-state index in [0.29, 0.717) is 18.7 Å². The van der Waals surface area contributed by atoms with Gasteiger partial charge in [0, 0.05) is 25.5 Å². The minimum Gasteiger partial charge on any atom is -0.501 e. The van der Waals surface area contributed by atoms with Gasteiger partial charge in [0.2, 0.25) is 5.91 Å². The number of rotatable bonds is 4. The third-order valence-corrected chi connectivity index (χ3v) is 3.33. The molecule has 1 aromatic rings. The van der Waals surface area contributed by atoms with E-state index in [1.54, 1.807) is 0 Å². The molecule has 0 radical (unpaired) electrons. The maximum absolute atomic E-state index is 12.1. The Morgan fingerprint density at radius 3 is 2.75 bits per heavy atom. The molecule has 108 valence electrons. The van der Waals surface area contributed by atoms with Crippen molar-refractivity contribution in [3.63, 3.8) is 0 Å². The number of hydrogen-bond acceptors (Lipinski definition) is 4. The fourth-order valence-electron chi connectivity index (χ4n) is 2.31. The smallest absolute Gasteiger partial charge is 0.224 e. The van der Waals surface area contributed by atoms with Gasteiger partial charge < -0.3 is 20.3 Å². The molecule has 20 heavy (non-hydrogen) atoms. The first-order chi connectivity index (χ1) is 9.50. The van der Waals surface area contributed by atoms with Gasteiger partial charge in [0.05, 0.1) is 18.8 Å². The van der Waals surface area contributed by atoms with Crippen molar-refractivity contribution in [1.82, 2.24) is 5.32 Å². The molecule has 0 saturated heterocycles. The summed E-state index contributed by atoms with van der Waals surface area (Å²) in [6.45, 7) is 0.423. The van der Waals surface area contributed by atoms with Crippen LogP contribution in [0.2, 0.25) is 0 Å². The molecule has 2 rings (SSSR count). The largest absolute Gasteiger partial charge is 0.501 e. The number of aliphatic hydroxyl groups is 2. The lowest BCUT2D eigenvalue weighted by Gasteiger charge is -2.29. The predicted molar refractivity (Wildman–Crippen MR) is 73.3 cm³/mol. The second kappa shape index (κ2) is 6.07. The lowest BCUT2D eigenvalue weighted by Crippen LogP contribution is -2.40. The molecular weight excluding hydrogens is 258 g/mol. The highest BCUT2D eigenvalue weighted by Gasteiger charge is 2.35. The first kappa shape index (κ1) is 14.6. The third kappa shape index (κ3) is 3.82. The Balaban J connectivity index is 1.95. The van der Waals surface area contributed by atoms with E-state index in [4.69, 9.17) is 4.74 Å². The average molecular weight is 277 g/mol. The fourth-order valence-corrected chi connectivity index (χ4v) is 2.31. The predicted octanol–water partition coefficient (Wildman–Crippen LogP) is 0.924. The Morgan fingerprint density at radius 2 is 2.10 bits per heavy atom. The highest BCUT2D eigenvalue weighted by Crippen LogP contribution is 2.30. The molecule has 1 aliphatic carbocycles. The van der Waals surface area contributed by atoms with Crippen molar-refractivity contribution in [2.75, 3.05) is 7.11 Å². The number of amides is 1. The van der Waals surface area contributed by atoms with Crippen LogP contribution < -0.4 is 5.32 Å². The molecule has 0 aromatic heterocycles. The number of nitrogens with one attached hydrogen (secondary N) is 1. The van der Waals surface area contributed by atoms with Crippen LogP contribution in [0.5, 0.6) is 0 Å². The second-order valence-electron chi connectivity index (χ2n) is 5.00. The SMILES string of the molecule is COC1=CC(O)(O)CC(C(=O)NCc2ccccc2)C1. The van der Waals surface area contributed by atoms with E-state index in [0.717, 1.165) is 5.56 Å². The zero-order valence-corrected chi connectivity index (χ0v) is 11.4. The van der Waals surface area contributed by atoms with Crippen LogP contribution in [0.25, 0.3) is 0 Å². The van der Waals surface area contributed by atoms with Crippen LogP contribution in [0.4, 0.5) is 0 Å². The van der Waals surface area contributed by atoms with Gasteiger partial charge in [-0.05, 0) is 5.56 Å². The molecule has 3 N–H and O–H groups in total. The van der Waals surface area contributed by atoms with Gasteiger partial charge >= 0.3 is 0 Å². The van der Waals surface area contributed by atoms with Gasteiger partial charge in [0.15, 0.2) is 5.79 Å². The maximum atomic E-state index is 12.1. The van der Waals surface area contributed by atoms with Crippen LogP contribution in [-0.4, -0.2) is 29.0 Å². The van der Waals surface area contributed by atoms with E-state index in [9.17, 15) is 15.0 Å². The summed E-state index contributed by atoms with van der Waals surface area (Å²) in [5.74, 6) is -2.28. The first-order valence-corrected chi connectivity index (χ1v) is 6.52. The Kier molecular flexibility index (Phi) is 4.42. The molecule has 0 bridgehead atoms. The Bertz CT molecular complexity index is 496. The number of ether oxygens (including phenoxy) is 1. The normalized spacial score (nSPS) is 20.9. The molecule has 1 amide bonds. The molecule has 0 heterocycles. The van der Waals surface area contributed by atoms with Gasteiger partial charge in [-0.15, -0.1) is 0 Å². The number of allylic oxidation sites excluding steroid dienone is 1. The molecular formula is C15H19NO4. The van der Waals surface area contributed by atoms with E-state index >= 15 is 0 Å². The highest BCUT2D eigenvalue weighted by molar-refractivity contribution is 5.79.